The van der Waals surface area contributed by atoms with E-state index in [1.807, 2.05) is 42.6 Å². The fourth-order valence-electron chi connectivity index (χ4n) is 5.64. The van der Waals surface area contributed by atoms with E-state index in [1.165, 1.54) is 5.56 Å². The van der Waals surface area contributed by atoms with Crippen LogP contribution in [-0.4, -0.2) is 41.7 Å². The molecule has 210 valence electrons. The number of anilines is 2. The zero-order chi connectivity index (χ0) is 28.5. The topological polar surface area (TPSA) is 118 Å². The van der Waals surface area contributed by atoms with Crippen LogP contribution in [0.2, 0.25) is 0 Å². The van der Waals surface area contributed by atoms with Gasteiger partial charge in [0.15, 0.2) is 5.69 Å². The summed E-state index contributed by atoms with van der Waals surface area (Å²) in [6.07, 6.45) is 4.02. The van der Waals surface area contributed by atoms with Gasteiger partial charge in [0, 0.05) is 58.9 Å². The molecule has 0 atom stereocenters. The number of carbonyl (C=O) groups excluding carboxylic acids is 1. The van der Waals surface area contributed by atoms with Gasteiger partial charge in [0.05, 0.1) is 6.61 Å². The van der Waals surface area contributed by atoms with Crippen LogP contribution in [0.3, 0.4) is 0 Å². The normalized spacial score (nSPS) is 14.4. The molecular formula is C32H32N4O4S. The maximum atomic E-state index is 14.0. The fraction of sp³-hybridized carbons (Fsp3) is 0.281. The highest BCUT2D eigenvalue weighted by molar-refractivity contribution is 7.13. The van der Waals surface area contributed by atoms with E-state index >= 15 is 0 Å². The van der Waals surface area contributed by atoms with Gasteiger partial charge in [0.25, 0.3) is 5.91 Å². The number of fused-ring (bicyclic) bond motifs is 3. The number of nitrogens with one attached hydrogen (secondary N) is 1. The van der Waals surface area contributed by atoms with Crippen molar-refractivity contribution in [1.29, 1.82) is 0 Å². The third-order valence-electron chi connectivity index (χ3n) is 7.81. The number of nitrogens with zero attached hydrogens (tertiary/aromatic N) is 2. The number of carbonyl (C=O) groups is 2. The smallest absolute Gasteiger partial charge is 0.355 e. The molecule has 4 aromatic rings. The van der Waals surface area contributed by atoms with Crippen LogP contribution in [0.15, 0.2) is 53.9 Å². The lowest BCUT2D eigenvalue weighted by Gasteiger charge is -2.28. The minimum Gasteiger partial charge on any atom is -0.493 e. The number of aromatic nitrogens is 1. The molecule has 1 amide bonds. The van der Waals surface area contributed by atoms with Gasteiger partial charge in [0.2, 0.25) is 0 Å². The number of nitrogens with two attached hydrogens (primary N) is 1. The molecule has 9 heteroatoms. The second-order valence-electron chi connectivity index (χ2n) is 10.5. The molecule has 0 saturated carbocycles. The number of thiophene rings is 1. The maximum Gasteiger partial charge on any atom is 0.355 e. The van der Waals surface area contributed by atoms with Crippen LogP contribution >= 0.6 is 11.3 Å². The Balaban J connectivity index is 1.49. The van der Waals surface area contributed by atoms with Gasteiger partial charge in [0.1, 0.15) is 11.6 Å². The van der Waals surface area contributed by atoms with E-state index in [-0.39, 0.29) is 11.6 Å². The zero-order valence-electron chi connectivity index (χ0n) is 22.9. The molecule has 0 aliphatic carbocycles. The van der Waals surface area contributed by atoms with E-state index < -0.39 is 5.97 Å². The lowest BCUT2D eigenvalue weighted by atomic mass is 9.93. The number of ether oxygens (including phenoxy) is 1. The van der Waals surface area contributed by atoms with E-state index in [0.29, 0.717) is 47.1 Å². The van der Waals surface area contributed by atoms with Gasteiger partial charge in [-0.3, -0.25) is 4.79 Å². The monoisotopic (exact) mass is 568 g/mol. The first kappa shape index (κ1) is 27.0. The summed E-state index contributed by atoms with van der Waals surface area (Å²) >= 11 is 1.60. The largest absolute Gasteiger partial charge is 0.493 e. The van der Waals surface area contributed by atoms with Crippen LogP contribution in [0.1, 0.15) is 56.8 Å². The number of rotatable bonds is 6. The molecule has 0 spiro atoms. The van der Waals surface area contributed by atoms with E-state index in [9.17, 15) is 14.7 Å². The number of pyridine rings is 1. The Kier molecular flexibility index (Phi) is 7.47. The summed E-state index contributed by atoms with van der Waals surface area (Å²) in [6.45, 7) is 4.51. The lowest BCUT2D eigenvalue weighted by molar-refractivity contribution is 0.0691. The third kappa shape index (κ3) is 5.30. The Morgan fingerprint density at radius 3 is 2.63 bits per heavy atom. The van der Waals surface area contributed by atoms with Crippen molar-refractivity contribution in [2.45, 2.75) is 39.2 Å². The minimum absolute atomic E-state index is 0.0870. The first-order valence-electron chi connectivity index (χ1n) is 13.9. The van der Waals surface area contributed by atoms with Gasteiger partial charge in [-0.2, -0.15) is 0 Å². The highest BCUT2D eigenvalue weighted by atomic mass is 32.1. The number of hydrogen-bond acceptors (Lipinski definition) is 7. The summed E-state index contributed by atoms with van der Waals surface area (Å²) in [5, 5.41) is 15.4. The molecule has 2 aliphatic heterocycles. The van der Waals surface area contributed by atoms with Gasteiger partial charge in [-0.25, -0.2) is 9.78 Å². The summed E-state index contributed by atoms with van der Waals surface area (Å²) < 4.78 is 6.16. The van der Waals surface area contributed by atoms with Crippen molar-refractivity contribution >= 4 is 34.7 Å². The van der Waals surface area contributed by atoms with Crippen LogP contribution in [0, 0.1) is 6.92 Å². The van der Waals surface area contributed by atoms with Crippen LogP contribution in [0.25, 0.3) is 21.6 Å². The molecule has 4 N–H and O–H groups in total. The van der Waals surface area contributed by atoms with Crippen LogP contribution in [0.5, 0.6) is 5.75 Å². The predicted molar refractivity (Wildman–Crippen MR) is 162 cm³/mol. The highest BCUT2D eigenvalue weighted by Gasteiger charge is 2.27. The molecular weight excluding hydrogens is 536 g/mol. The third-order valence-corrected chi connectivity index (χ3v) is 8.80. The Bertz CT molecular complexity index is 1640. The number of aromatic carboxylic acids is 1. The molecule has 41 heavy (non-hydrogen) atoms. The Morgan fingerprint density at radius 1 is 1.05 bits per heavy atom. The Hall–Kier alpha value is -4.21. The number of carboxylic acid groups (broad SMARTS) is 1. The number of benzene rings is 2. The van der Waals surface area contributed by atoms with E-state index in [2.05, 4.69) is 21.3 Å². The minimum atomic E-state index is -1.14. The Morgan fingerprint density at radius 2 is 1.88 bits per heavy atom. The van der Waals surface area contributed by atoms with Crippen molar-refractivity contribution in [2.24, 2.45) is 5.73 Å². The average Bonchev–Trinajstić information content (AvgIpc) is 3.39. The quantitative estimate of drug-likeness (QED) is 0.256. The molecule has 2 aromatic heterocycles. The molecule has 0 unspecified atom stereocenters. The van der Waals surface area contributed by atoms with Crippen molar-refractivity contribution in [3.05, 3.63) is 81.9 Å². The van der Waals surface area contributed by atoms with Gasteiger partial charge in [-0.15, -0.1) is 11.3 Å². The SMILES string of the molecule is Cc1cc(CN)ccc1NC(=O)c1cc2c(cc1-c1ccc(N3CCCCC3)nc1C(=O)O)OCCc1ccsc1-2. The van der Waals surface area contributed by atoms with Crippen molar-refractivity contribution in [3.63, 3.8) is 0 Å². The molecule has 2 aromatic carbocycles. The summed E-state index contributed by atoms with van der Waals surface area (Å²) in [6, 6.07) is 15.0. The van der Waals surface area contributed by atoms with Crippen molar-refractivity contribution < 1.29 is 19.4 Å². The van der Waals surface area contributed by atoms with Crippen LogP contribution in [-0.2, 0) is 13.0 Å². The van der Waals surface area contributed by atoms with Gasteiger partial charge in [-0.05, 0) is 84.7 Å². The molecule has 2 aliphatic rings. The molecule has 1 saturated heterocycles. The van der Waals surface area contributed by atoms with E-state index in [1.54, 1.807) is 23.5 Å². The van der Waals surface area contributed by atoms with Gasteiger partial charge in [-0.1, -0.05) is 12.1 Å². The first-order chi connectivity index (χ1) is 19.9. The van der Waals surface area contributed by atoms with E-state index in [4.69, 9.17) is 10.5 Å². The molecule has 1 fully saturated rings. The van der Waals surface area contributed by atoms with Crippen LogP contribution in [0.4, 0.5) is 11.5 Å². The average molecular weight is 569 g/mol. The number of carboxylic acids is 1. The molecule has 4 heterocycles. The highest BCUT2D eigenvalue weighted by Crippen LogP contribution is 2.43. The molecule has 0 bridgehead atoms. The summed E-state index contributed by atoms with van der Waals surface area (Å²) in [7, 11) is 0. The summed E-state index contributed by atoms with van der Waals surface area (Å²) in [4.78, 5) is 34.3. The first-order valence-corrected chi connectivity index (χ1v) is 14.8. The number of amides is 1. The summed E-state index contributed by atoms with van der Waals surface area (Å²) in [5.74, 6) is -0.223. The van der Waals surface area contributed by atoms with Gasteiger partial charge < -0.3 is 25.8 Å². The molecule has 6 rings (SSSR count). The number of hydrogen-bond donors (Lipinski definition) is 3. The van der Waals surface area contributed by atoms with Crippen molar-refractivity contribution in [2.75, 3.05) is 29.9 Å². The second-order valence-corrected chi connectivity index (χ2v) is 11.4. The Labute approximate surface area is 242 Å². The summed E-state index contributed by atoms with van der Waals surface area (Å²) in [5.41, 5.74) is 11.4. The van der Waals surface area contributed by atoms with E-state index in [0.717, 1.165) is 60.3 Å². The van der Waals surface area contributed by atoms with Crippen molar-refractivity contribution in [3.8, 4) is 27.3 Å². The number of piperidine rings is 1. The zero-order valence-corrected chi connectivity index (χ0v) is 23.7. The maximum absolute atomic E-state index is 14.0. The standard InChI is InChI=1S/C32H32N4O4S/c1-19-15-20(18-33)5-7-26(19)34-31(37)24-16-25-27(40-13-9-21-10-14-41-30(21)25)17-23(24)22-6-8-28(35-29(22)32(38)39)36-11-3-2-4-12-36/h5-8,10,14-17H,2-4,9,11-13,18,33H2,1H3,(H,34,37)(H,38,39). The fourth-order valence-corrected chi connectivity index (χ4v) is 6.61. The molecule has 8 nitrogen and oxygen atoms in total. The molecule has 0 radical (unpaired) electrons. The van der Waals surface area contributed by atoms with Crippen LogP contribution < -0.4 is 20.7 Å². The second kappa shape index (κ2) is 11.3. The van der Waals surface area contributed by atoms with Crippen molar-refractivity contribution in [1.82, 2.24) is 4.98 Å². The predicted octanol–water partition coefficient (Wildman–Crippen LogP) is 6.12. The number of aryl methyl sites for hydroxylation is 1. The lowest BCUT2D eigenvalue weighted by Crippen LogP contribution is -2.30. The van der Waals surface area contributed by atoms with Gasteiger partial charge >= 0.3 is 5.97 Å².